The Hall–Kier alpha value is -1.07. The van der Waals surface area contributed by atoms with Crippen LogP contribution in [0.25, 0.3) is 0 Å². The SMILES string of the molecule is COc1ccc(N)c(S(=O)CC2CCC(C)O2)c1. The van der Waals surface area contributed by atoms with Crippen LogP contribution in [0.5, 0.6) is 5.75 Å². The summed E-state index contributed by atoms with van der Waals surface area (Å²) in [5.41, 5.74) is 6.40. The van der Waals surface area contributed by atoms with Gasteiger partial charge in [-0.3, -0.25) is 4.21 Å². The smallest absolute Gasteiger partial charge is 0.120 e. The molecule has 100 valence electrons. The molecule has 1 aliphatic rings. The molecule has 5 heteroatoms. The fourth-order valence-corrected chi connectivity index (χ4v) is 3.45. The Morgan fingerprint density at radius 1 is 1.50 bits per heavy atom. The second kappa shape index (κ2) is 5.71. The molecular formula is C13H19NO3S. The fourth-order valence-electron chi connectivity index (χ4n) is 2.11. The monoisotopic (exact) mass is 269 g/mol. The number of nitrogens with two attached hydrogens (primary N) is 1. The van der Waals surface area contributed by atoms with Crippen molar-refractivity contribution < 1.29 is 13.7 Å². The second-order valence-electron chi connectivity index (χ2n) is 4.56. The Morgan fingerprint density at radius 2 is 2.28 bits per heavy atom. The molecule has 1 aromatic carbocycles. The lowest BCUT2D eigenvalue weighted by Gasteiger charge is -2.12. The maximum Gasteiger partial charge on any atom is 0.120 e. The van der Waals surface area contributed by atoms with E-state index in [0.29, 0.717) is 22.1 Å². The molecule has 1 fully saturated rings. The van der Waals surface area contributed by atoms with Gasteiger partial charge in [0.25, 0.3) is 0 Å². The van der Waals surface area contributed by atoms with E-state index in [4.69, 9.17) is 15.2 Å². The van der Waals surface area contributed by atoms with Crippen molar-refractivity contribution in [2.45, 2.75) is 36.9 Å². The van der Waals surface area contributed by atoms with Crippen molar-refractivity contribution in [3.63, 3.8) is 0 Å². The second-order valence-corrected chi connectivity index (χ2v) is 6.03. The van der Waals surface area contributed by atoms with Gasteiger partial charge in [-0.2, -0.15) is 0 Å². The molecule has 2 N–H and O–H groups in total. The van der Waals surface area contributed by atoms with E-state index in [9.17, 15) is 4.21 Å². The highest BCUT2D eigenvalue weighted by atomic mass is 32.2. The van der Waals surface area contributed by atoms with E-state index in [2.05, 4.69) is 0 Å². The fraction of sp³-hybridized carbons (Fsp3) is 0.538. The molecular weight excluding hydrogens is 250 g/mol. The molecule has 1 aromatic rings. The average Bonchev–Trinajstić information content (AvgIpc) is 2.75. The van der Waals surface area contributed by atoms with Gasteiger partial charge >= 0.3 is 0 Å². The summed E-state index contributed by atoms with van der Waals surface area (Å²) in [6.07, 6.45) is 2.35. The molecule has 0 aliphatic carbocycles. The van der Waals surface area contributed by atoms with Crippen LogP contribution in [-0.4, -0.2) is 29.3 Å². The molecule has 0 bridgehead atoms. The first-order valence-electron chi connectivity index (χ1n) is 6.07. The molecule has 0 spiro atoms. The zero-order valence-corrected chi connectivity index (χ0v) is 11.5. The van der Waals surface area contributed by atoms with Gasteiger partial charge in [-0.05, 0) is 38.0 Å². The van der Waals surface area contributed by atoms with E-state index in [-0.39, 0.29) is 12.2 Å². The molecule has 2 rings (SSSR count). The van der Waals surface area contributed by atoms with Crippen LogP contribution >= 0.6 is 0 Å². The molecule has 0 saturated carbocycles. The summed E-state index contributed by atoms with van der Waals surface area (Å²) in [6.45, 7) is 2.04. The summed E-state index contributed by atoms with van der Waals surface area (Å²) in [7, 11) is 0.442. The topological polar surface area (TPSA) is 61.5 Å². The number of rotatable bonds is 4. The lowest BCUT2D eigenvalue weighted by Crippen LogP contribution is -2.18. The lowest BCUT2D eigenvalue weighted by atomic mass is 10.2. The van der Waals surface area contributed by atoms with Gasteiger partial charge in [0, 0.05) is 5.69 Å². The van der Waals surface area contributed by atoms with Crippen LogP contribution in [0.3, 0.4) is 0 Å². The highest BCUT2D eigenvalue weighted by molar-refractivity contribution is 7.85. The maximum atomic E-state index is 12.3. The molecule has 1 heterocycles. The van der Waals surface area contributed by atoms with Gasteiger partial charge in [0.05, 0.1) is 40.8 Å². The average molecular weight is 269 g/mol. The zero-order valence-electron chi connectivity index (χ0n) is 10.7. The van der Waals surface area contributed by atoms with Gasteiger partial charge in [0.1, 0.15) is 5.75 Å². The third kappa shape index (κ3) is 3.03. The predicted molar refractivity (Wildman–Crippen MR) is 72.3 cm³/mol. The zero-order chi connectivity index (χ0) is 13.1. The molecule has 3 unspecified atom stereocenters. The number of ether oxygens (including phenoxy) is 2. The number of hydrogen-bond donors (Lipinski definition) is 1. The van der Waals surface area contributed by atoms with Crippen molar-refractivity contribution in [1.29, 1.82) is 0 Å². The van der Waals surface area contributed by atoms with Crippen molar-refractivity contribution in [3.8, 4) is 5.75 Å². The Kier molecular flexibility index (Phi) is 4.24. The summed E-state index contributed by atoms with van der Waals surface area (Å²) in [6, 6.07) is 5.23. The number of methoxy groups -OCH3 is 1. The molecule has 0 amide bonds. The third-order valence-corrected chi connectivity index (χ3v) is 4.64. The van der Waals surface area contributed by atoms with E-state index in [1.807, 2.05) is 6.92 Å². The van der Waals surface area contributed by atoms with Crippen LogP contribution in [0.4, 0.5) is 5.69 Å². The third-order valence-electron chi connectivity index (χ3n) is 3.12. The normalized spacial score (nSPS) is 25.0. The summed E-state index contributed by atoms with van der Waals surface area (Å²) < 4.78 is 23.1. The van der Waals surface area contributed by atoms with E-state index in [1.54, 1.807) is 25.3 Å². The molecule has 1 saturated heterocycles. The van der Waals surface area contributed by atoms with Gasteiger partial charge < -0.3 is 15.2 Å². The van der Waals surface area contributed by atoms with Crippen LogP contribution < -0.4 is 10.5 Å². The molecule has 1 aliphatic heterocycles. The van der Waals surface area contributed by atoms with Crippen LogP contribution in [0.15, 0.2) is 23.1 Å². The van der Waals surface area contributed by atoms with Gasteiger partial charge in [-0.25, -0.2) is 0 Å². The van der Waals surface area contributed by atoms with Gasteiger partial charge in [0.15, 0.2) is 0 Å². The van der Waals surface area contributed by atoms with Crippen LogP contribution in [-0.2, 0) is 15.5 Å². The lowest BCUT2D eigenvalue weighted by molar-refractivity contribution is 0.0695. The first-order chi connectivity index (χ1) is 8.60. The summed E-state index contributed by atoms with van der Waals surface area (Å²) in [5, 5.41) is 0. The minimum Gasteiger partial charge on any atom is -0.497 e. The number of hydrogen-bond acceptors (Lipinski definition) is 4. The Labute approximate surface area is 110 Å². The van der Waals surface area contributed by atoms with E-state index < -0.39 is 10.8 Å². The molecule has 3 atom stereocenters. The summed E-state index contributed by atoms with van der Waals surface area (Å²) in [5.74, 6) is 1.18. The van der Waals surface area contributed by atoms with E-state index in [0.717, 1.165) is 12.8 Å². The first kappa shape index (κ1) is 13.4. The molecule has 4 nitrogen and oxygen atoms in total. The summed E-state index contributed by atoms with van der Waals surface area (Å²) in [4.78, 5) is 0.637. The summed E-state index contributed by atoms with van der Waals surface area (Å²) >= 11 is 0. The molecule has 0 radical (unpaired) electrons. The highest BCUT2D eigenvalue weighted by Crippen LogP contribution is 2.26. The standard InChI is InChI=1S/C13H19NO3S/c1-9-3-4-11(17-9)8-18(15)13-7-10(16-2)5-6-12(13)14/h5-7,9,11H,3-4,8,14H2,1-2H3. The quantitative estimate of drug-likeness (QED) is 0.849. The van der Waals surface area contributed by atoms with Gasteiger partial charge in [-0.1, -0.05) is 0 Å². The van der Waals surface area contributed by atoms with Crippen molar-refractivity contribution in [2.75, 3.05) is 18.6 Å². The van der Waals surface area contributed by atoms with Crippen LogP contribution in [0, 0.1) is 0 Å². The van der Waals surface area contributed by atoms with E-state index >= 15 is 0 Å². The largest absolute Gasteiger partial charge is 0.497 e. The number of anilines is 1. The van der Waals surface area contributed by atoms with Crippen LogP contribution in [0.2, 0.25) is 0 Å². The molecule has 0 aromatic heterocycles. The highest BCUT2D eigenvalue weighted by Gasteiger charge is 2.24. The van der Waals surface area contributed by atoms with E-state index in [1.165, 1.54) is 0 Å². The van der Waals surface area contributed by atoms with Crippen molar-refractivity contribution in [3.05, 3.63) is 18.2 Å². The van der Waals surface area contributed by atoms with Gasteiger partial charge in [0.2, 0.25) is 0 Å². The van der Waals surface area contributed by atoms with Crippen LogP contribution in [0.1, 0.15) is 19.8 Å². The minimum atomic E-state index is -1.14. The predicted octanol–water partition coefficient (Wildman–Crippen LogP) is 1.95. The number of benzene rings is 1. The first-order valence-corrected chi connectivity index (χ1v) is 7.39. The number of nitrogen functional groups attached to an aromatic ring is 1. The molecule has 18 heavy (non-hydrogen) atoms. The Morgan fingerprint density at radius 3 is 2.89 bits per heavy atom. The Balaban J connectivity index is 2.08. The van der Waals surface area contributed by atoms with Gasteiger partial charge in [-0.15, -0.1) is 0 Å². The maximum absolute atomic E-state index is 12.3. The Bertz CT molecular complexity index is 450. The van der Waals surface area contributed by atoms with Crippen molar-refractivity contribution in [1.82, 2.24) is 0 Å². The minimum absolute atomic E-state index is 0.0754. The van der Waals surface area contributed by atoms with Crippen molar-refractivity contribution >= 4 is 16.5 Å². The van der Waals surface area contributed by atoms with Crippen molar-refractivity contribution in [2.24, 2.45) is 0 Å².